The molecule has 0 fully saturated rings. The summed E-state index contributed by atoms with van der Waals surface area (Å²) in [5, 5.41) is 10.1. The highest BCUT2D eigenvalue weighted by molar-refractivity contribution is 6.38. The average Bonchev–Trinajstić information content (AvgIpc) is 2.33. The maximum atomic E-state index is 12.1. The molecule has 6 heteroatoms. The minimum atomic E-state index is -0.937. The Balaban J connectivity index is 2.66. The average molecular weight is 311 g/mol. The zero-order valence-corrected chi connectivity index (χ0v) is 15.0. The molecule has 1 rings (SSSR count). The Bertz CT molecular complexity index is 432. The van der Waals surface area contributed by atoms with Crippen molar-refractivity contribution in [3.63, 3.8) is 0 Å². The quantitative estimate of drug-likeness (QED) is 0.811. The zero-order chi connectivity index (χ0) is 17.2. The second kappa shape index (κ2) is 6.63. The SMILES string of the molecule is CC(C)(C)OC(=O)N1C=C(BOC(C)(C)C(C)(C)O)CCC1. The molecular weight excluding hydrogens is 281 g/mol. The standard InChI is InChI=1S/C16H30BNO4/c1-14(2,3)21-13(19)18-10-8-9-12(11-18)17-22-16(6,7)15(4,5)20/h11,17,20H,8-10H2,1-7H3. The highest BCUT2D eigenvalue weighted by atomic mass is 16.6. The molecule has 126 valence electrons. The van der Waals surface area contributed by atoms with Crippen LogP contribution in [-0.4, -0.2) is 46.9 Å². The molecule has 0 aromatic rings. The van der Waals surface area contributed by atoms with Gasteiger partial charge >= 0.3 is 13.6 Å². The number of allylic oxidation sites excluding steroid dienone is 1. The van der Waals surface area contributed by atoms with Gasteiger partial charge in [-0.15, -0.1) is 0 Å². The first-order valence-electron chi connectivity index (χ1n) is 7.87. The number of nitrogens with zero attached hydrogens (tertiary/aromatic N) is 1. The van der Waals surface area contributed by atoms with Gasteiger partial charge in [0, 0.05) is 12.7 Å². The van der Waals surface area contributed by atoms with Gasteiger partial charge in [0.2, 0.25) is 0 Å². The van der Waals surface area contributed by atoms with Crippen LogP contribution in [0, 0.1) is 0 Å². The van der Waals surface area contributed by atoms with E-state index in [4.69, 9.17) is 9.39 Å². The summed E-state index contributed by atoms with van der Waals surface area (Å²) < 4.78 is 11.3. The van der Waals surface area contributed by atoms with Crippen LogP contribution in [0.25, 0.3) is 0 Å². The highest BCUT2D eigenvalue weighted by Crippen LogP contribution is 2.26. The van der Waals surface area contributed by atoms with Crippen LogP contribution < -0.4 is 0 Å². The molecule has 0 bridgehead atoms. The van der Waals surface area contributed by atoms with Gasteiger partial charge in [0.05, 0.1) is 11.2 Å². The van der Waals surface area contributed by atoms with Gasteiger partial charge in [-0.25, -0.2) is 4.79 Å². The van der Waals surface area contributed by atoms with Crippen molar-refractivity contribution >= 4 is 13.6 Å². The summed E-state index contributed by atoms with van der Waals surface area (Å²) in [5.74, 6) is 0. The smallest absolute Gasteiger partial charge is 0.414 e. The Labute approximate surface area is 134 Å². The molecule has 1 heterocycles. The van der Waals surface area contributed by atoms with E-state index in [9.17, 15) is 9.90 Å². The molecule has 1 amide bonds. The van der Waals surface area contributed by atoms with Crippen LogP contribution in [0.15, 0.2) is 11.7 Å². The summed E-state index contributed by atoms with van der Waals surface area (Å²) >= 11 is 0. The van der Waals surface area contributed by atoms with Gasteiger partial charge in [-0.1, -0.05) is 5.47 Å². The molecule has 1 aliphatic heterocycles. The Morgan fingerprint density at radius 3 is 2.32 bits per heavy atom. The summed E-state index contributed by atoms with van der Waals surface area (Å²) in [6, 6.07) is 0. The fraction of sp³-hybridized carbons (Fsp3) is 0.812. The Kier molecular flexibility index (Phi) is 5.74. The first-order chi connectivity index (χ1) is 9.82. The van der Waals surface area contributed by atoms with Crippen LogP contribution in [0.1, 0.15) is 61.3 Å². The van der Waals surface area contributed by atoms with Crippen molar-refractivity contribution in [2.75, 3.05) is 6.54 Å². The third-order valence-electron chi connectivity index (χ3n) is 3.96. The van der Waals surface area contributed by atoms with E-state index < -0.39 is 16.8 Å². The van der Waals surface area contributed by atoms with Crippen LogP contribution in [0.4, 0.5) is 4.79 Å². The molecule has 0 aromatic carbocycles. The molecule has 5 nitrogen and oxygen atoms in total. The van der Waals surface area contributed by atoms with Crippen LogP contribution in [0.5, 0.6) is 0 Å². The van der Waals surface area contributed by atoms with Gasteiger partial charge in [0.15, 0.2) is 0 Å². The second-order valence-electron chi connectivity index (χ2n) is 7.92. The summed E-state index contributed by atoms with van der Waals surface area (Å²) in [6.45, 7) is 13.4. The summed E-state index contributed by atoms with van der Waals surface area (Å²) in [6.07, 6.45) is 3.27. The molecule has 0 unspecified atom stereocenters. The number of hydrogen-bond acceptors (Lipinski definition) is 4. The Morgan fingerprint density at radius 1 is 1.23 bits per heavy atom. The number of rotatable bonds is 4. The molecule has 0 radical (unpaired) electrons. The van der Waals surface area contributed by atoms with Crippen molar-refractivity contribution in [2.45, 2.75) is 78.1 Å². The minimum Gasteiger partial charge on any atom is -0.443 e. The van der Waals surface area contributed by atoms with E-state index in [1.807, 2.05) is 40.8 Å². The molecule has 0 aliphatic carbocycles. The largest absolute Gasteiger partial charge is 0.443 e. The van der Waals surface area contributed by atoms with Crippen molar-refractivity contribution in [1.82, 2.24) is 4.90 Å². The van der Waals surface area contributed by atoms with Crippen LogP contribution in [-0.2, 0) is 9.39 Å². The first kappa shape index (κ1) is 19.0. The van der Waals surface area contributed by atoms with Crippen molar-refractivity contribution in [3.8, 4) is 0 Å². The van der Waals surface area contributed by atoms with Crippen LogP contribution in [0.3, 0.4) is 0 Å². The second-order valence-corrected chi connectivity index (χ2v) is 7.92. The van der Waals surface area contributed by atoms with Gasteiger partial charge in [0.25, 0.3) is 0 Å². The van der Waals surface area contributed by atoms with Crippen molar-refractivity contribution in [2.24, 2.45) is 0 Å². The van der Waals surface area contributed by atoms with Crippen molar-refractivity contribution < 1.29 is 19.3 Å². The van der Waals surface area contributed by atoms with Gasteiger partial charge in [-0.2, -0.15) is 0 Å². The topological polar surface area (TPSA) is 59.0 Å². The maximum Gasteiger partial charge on any atom is 0.414 e. The van der Waals surface area contributed by atoms with Gasteiger partial charge in [-0.05, 0) is 61.3 Å². The lowest BCUT2D eigenvalue weighted by Gasteiger charge is -2.38. The fourth-order valence-corrected chi connectivity index (χ4v) is 1.85. The number of amides is 1. The third-order valence-corrected chi connectivity index (χ3v) is 3.96. The Morgan fingerprint density at radius 2 is 1.82 bits per heavy atom. The summed E-state index contributed by atoms with van der Waals surface area (Å²) in [5.41, 5.74) is -1.06. The van der Waals surface area contributed by atoms with E-state index in [0.29, 0.717) is 14.0 Å². The number of carbonyl (C=O) groups is 1. The fourth-order valence-electron chi connectivity index (χ4n) is 1.85. The Hall–Kier alpha value is -1.01. The molecule has 1 aliphatic rings. The first-order valence-corrected chi connectivity index (χ1v) is 7.87. The van der Waals surface area contributed by atoms with Crippen molar-refractivity contribution in [3.05, 3.63) is 11.7 Å². The summed E-state index contributed by atoms with van der Waals surface area (Å²) in [4.78, 5) is 13.7. The van der Waals surface area contributed by atoms with Crippen LogP contribution >= 0.6 is 0 Å². The number of ether oxygens (including phenoxy) is 1. The maximum absolute atomic E-state index is 12.1. The minimum absolute atomic E-state index is 0.327. The normalized spacial score (nSPS) is 17.1. The lowest BCUT2D eigenvalue weighted by molar-refractivity contribution is -0.0898. The van der Waals surface area contributed by atoms with E-state index in [1.54, 1.807) is 18.7 Å². The number of aliphatic hydroxyl groups is 1. The number of carbonyl (C=O) groups excluding carboxylic acids is 1. The van der Waals surface area contributed by atoms with E-state index in [2.05, 4.69) is 0 Å². The van der Waals surface area contributed by atoms with Crippen LogP contribution in [0.2, 0.25) is 0 Å². The zero-order valence-electron chi connectivity index (χ0n) is 15.0. The number of hydrogen-bond donors (Lipinski definition) is 1. The third kappa shape index (κ3) is 5.65. The summed E-state index contributed by atoms with van der Waals surface area (Å²) in [7, 11) is 0.399. The molecular formula is C16H30BNO4. The van der Waals surface area contributed by atoms with E-state index in [-0.39, 0.29) is 6.09 Å². The predicted molar refractivity (Wildman–Crippen MR) is 88.9 cm³/mol. The lowest BCUT2D eigenvalue weighted by atomic mass is 9.79. The highest BCUT2D eigenvalue weighted by Gasteiger charge is 2.36. The monoisotopic (exact) mass is 311 g/mol. The van der Waals surface area contributed by atoms with Crippen molar-refractivity contribution in [1.29, 1.82) is 0 Å². The molecule has 22 heavy (non-hydrogen) atoms. The molecule has 0 saturated heterocycles. The molecule has 0 atom stereocenters. The van der Waals surface area contributed by atoms with E-state index in [0.717, 1.165) is 18.3 Å². The van der Waals surface area contributed by atoms with E-state index >= 15 is 0 Å². The molecule has 0 saturated carbocycles. The van der Waals surface area contributed by atoms with Gasteiger partial charge in [-0.3, -0.25) is 4.90 Å². The van der Waals surface area contributed by atoms with Gasteiger partial charge < -0.3 is 14.5 Å². The molecule has 0 aromatic heterocycles. The van der Waals surface area contributed by atoms with Gasteiger partial charge in [0.1, 0.15) is 5.60 Å². The lowest BCUT2D eigenvalue weighted by Crippen LogP contribution is -2.48. The predicted octanol–water partition coefficient (Wildman–Crippen LogP) is 2.78. The molecule has 1 N–H and O–H groups in total. The molecule has 0 spiro atoms. The van der Waals surface area contributed by atoms with E-state index in [1.165, 1.54) is 0 Å².